The van der Waals surface area contributed by atoms with Crippen LogP contribution in [0.1, 0.15) is 40.3 Å². The van der Waals surface area contributed by atoms with Crippen LogP contribution >= 0.6 is 11.6 Å². The molecule has 0 aliphatic carbocycles. The van der Waals surface area contributed by atoms with Crippen molar-refractivity contribution in [2.45, 2.75) is 26.8 Å². The molecule has 1 aromatic heterocycles. The number of carboxylic acids is 1. The zero-order chi connectivity index (χ0) is 14.9. The number of nitrogens with zero attached hydrogens (tertiary/aromatic N) is 1. The van der Waals surface area contributed by atoms with Crippen LogP contribution in [0.3, 0.4) is 0 Å². The molecule has 0 aliphatic rings. The molecule has 20 heavy (non-hydrogen) atoms. The van der Waals surface area contributed by atoms with Gasteiger partial charge in [0.25, 0.3) is 0 Å². The second-order valence-corrected chi connectivity index (χ2v) is 5.01. The maximum absolute atomic E-state index is 10.9. The number of carboxylic acid groups (broad SMARTS) is 1. The second kappa shape index (κ2) is 5.54. The molecule has 1 unspecified atom stereocenters. The quantitative estimate of drug-likeness (QED) is 0.896. The molecule has 2 N–H and O–H groups in total. The average Bonchev–Trinajstić information content (AvgIpc) is 2.68. The van der Waals surface area contributed by atoms with Crippen LogP contribution in [0.2, 0.25) is 5.02 Å². The second-order valence-electron chi connectivity index (χ2n) is 4.60. The molecule has 0 fully saturated rings. The number of nitrogens with one attached hydrogen (secondary N) is 1. The third kappa shape index (κ3) is 2.77. The van der Waals surface area contributed by atoms with E-state index in [0.717, 1.165) is 22.7 Å². The number of hydrogen-bond acceptors (Lipinski definition) is 4. The Hall–Kier alpha value is -2.01. The van der Waals surface area contributed by atoms with Crippen molar-refractivity contribution in [2.24, 2.45) is 0 Å². The maximum atomic E-state index is 10.9. The molecule has 0 saturated carbocycles. The van der Waals surface area contributed by atoms with Gasteiger partial charge in [-0.25, -0.2) is 4.79 Å². The molecular weight excluding hydrogens is 280 g/mol. The van der Waals surface area contributed by atoms with E-state index in [2.05, 4.69) is 10.5 Å². The third-order valence-electron chi connectivity index (χ3n) is 3.10. The van der Waals surface area contributed by atoms with E-state index in [0.29, 0.717) is 0 Å². The summed E-state index contributed by atoms with van der Waals surface area (Å²) in [7, 11) is 0. The van der Waals surface area contributed by atoms with Gasteiger partial charge < -0.3 is 14.9 Å². The lowest BCUT2D eigenvalue weighted by Crippen LogP contribution is -2.09. The van der Waals surface area contributed by atoms with E-state index < -0.39 is 5.97 Å². The summed E-state index contributed by atoms with van der Waals surface area (Å²) in [4.78, 5) is 10.9. The summed E-state index contributed by atoms with van der Waals surface area (Å²) in [6, 6.07) is 4.74. The van der Waals surface area contributed by atoms with Gasteiger partial charge in [-0.05, 0) is 39.0 Å². The molecule has 6 heteroatoms. The molecular formula is C14H15ClN2O3. The SMILES string of the molecule is Cc1noc(C)c1C(C)Nc1ccc(C(=O)O)c(Cl)c1. The number of halogens is 1. The lowest BCUT2D eigenvalue weighted by molar-refractivity contribution is 0.0697. The van der Waals surface area contributed by atoms with E-state index in [1.54, 1.807) is 12.1 Å². The molecule has 1 atom stereocenters. The van der Waals surface area contributed by atoms with E-state index in [1.165, 1.54) is 6.07 Å². The minimum Gasteiger partial charge on any atom is -0.478 e. The van der Waals surface area contributed by atoms with Gasteiger partial charge in [-0.3, -0.25) is 0 Å². The molecule has 2 rings (SSSR count). The number of aromatic nitrogens is 1. The number of aromatic carboxylic acids is 1. The fourth-order valence-electron chi connectivity index (χ4n) is 2.21. The van der Waals surface area contributed by atoms with E-state index in [4.69, 9.17) is 21.2 Å². The Morgan fingerprint density at radius 2 is 2.15 bits per heavy atom. The van der Waals surface area contributed by atoms with Crippen molar-refractivity contribution in [3.63, 3.8) is 0 Å². The van der Waals surface area contributed by atoms with Crippen molar-refractivity contribution in [2.75, 3.05) is 5.32 Å². The number of hydrogen-bond donors (Lipinski definition) is 2. The molecule has 0 spiro atoms. The summed E-state index contributed by atoms with van der Waals surface area (Å²) in [5.41, 5.74) is 2.65. The van der Waals surface area contributed by atoms with Gasteiger partial charge in [0.1, 0.15) is 5.76 Å². The summed E-state index contributed by atoms with van der Waals surface area (Å²) < 4.78 is 5.13. The van der Waals surface area contributed by atoms with Gasteiger partial charge in [0.15, 0.2) is 0 Å². The van der Waals surface area contributed by atoms with Crippen molar-refractivity contribution in [1.29, 1.82) is 0 Å². The number of anilines is 1. The van der Waals surface area contributed by atoms with Crippen LogP contribution in [-0.2, 0) is 0 Å². The minimum atomic E-state index is -1.04. The predicted octanol–water partition coefficient (Wildman–Crippen LogP) is 3.82. The van der Waals surface area contributed by atoms with Crippen LogP contribution in [0.15, 0.2) is 22.7 Å². The Kier molecular flexibility index (Phi) is 3.99. The highest BCUT2D eigenvalue weighted by atomic mass is 35.5. The molecule has 1 aromatic carbocycles. The van der Waals surface area contributed by atoms with Crippen molar-refractivity contribution >= 4 is 23.3 Å². The number of carbonyl (C=O) groups is 1. The van der Waals surface area contributed by atoms with Crippen molar-refractivity contribution in [1.82, 2.24) is 5.16 Å². The van der Waals surface area contributed by atoms with E-state index in [-0.39, 0.29) is 16.6 Å². The van der Waals surface area contributed by atoms with Crippen LogP contribution in [0.25, 0.3) is 0 Å². The van der Waals surface area contributed by atoms with Crippen LogP contribution in [-0.4, -0.2) is 16.2 Å². The van der Waals surface area contributed by atoms with Crippen LogP contribution < -0.4 is 5.32 Å². The number of aryl methyl sites for hydroxylation is 2. The Labute approximate surface area is 121 Å². The van der Waals surface area contributed by atoms with Gasteiger partial charge in [-0.2, -0.15) is 0 Å². The van der Waals surface area contributed by atoms with Crippen molar-refractivity contribution in [3.8, 4) is 0 Å². The molecule has 2 aromatic rings. The van der Waals surface area contributed by atoms with E-state index in [1.807, 2.05) is 20.8 Å². The van der Waals surface area contributed by atoms with Gasteiger partial charge in [-0.1, -0.05) is 16.8 Å². The lowest BCUT2D eigenvalue weighted by Gasteiger charge is -2.15. The van der Waals surface area contributed by atoms with Crippen molar-refractivity contribution < 1.29 is 14.4 Å². The molecule has 0 amide bonds. The summed E-state index contributed by atoms with van der Waals surface area (Å²) in [6.45, 7) is 5.71. The first-order valence-corrected chi connectivity index (χ1v) is 6.50. The highest BCUT2D eigenvalue weighted by Gasteiger charge is 2.17. The zero-order valence-electron chi connectivity index (χ0n) is 11.4. The molecule has 0 aliphatic heterocycles. The maximum Gasteiger partial charge on any atom is 0.337 e. The van der Waals surface area contributed by atoms with Crippen LogP contribution in [0, 0.1) is 13.8 Å². The highest BCUT2D eigenvalue weighted by Crippen LogP contribution is 2.27. The first kappa shape index (κ1) is 14.4. The minimum absolute atomic E-state index is 0.0204. The van der Waals surface area contributed by atoms with Gasteiger partial charge >= 0.3 is 5.97 Å². The lowest BCUT2D eigenvalue weighted by atomic mass is 10.1. The standard InChI is InChI=1S/C14H15ClN2O3/c1-7(13-8(2)17-20-9(13)3)16-10-4-5-11(14(18)19)12(15)6-10/h4-7,16H,1-3H3,(H,18,19). The van der Waals surface area contributed by atoms with Gasteiger partial charge in [0, 0.05) is 11.3 Å². The summed E-state index contributed by atoms with van der Waals surface area (Å²) in [6.07, 6.45) is 0. The topological polar surface area (TPSA) is 75.4 Å². The van der Waals surface area contributed by atoms with Gasteiger partial charge in [0.2, 0.25) is 0 Å². The normalized spacial score (nSPS) is 12.2. The molecule has 0 bridgehead atoms. The Balaban J connectivity index is 2.22. The number of rotatable bonds is 4. The largest absolute Gasteiger partial charge is 0.478 e. The molecule has 0 radical (unpaired) electrons. The fourth-order valence-corrected chi connectivity index (χ4v) is 2.47. The fraction of sp³-hybridized carbons (Fsp3) is 0.286. The van der Waals surface area contributed by atoms with E-state index in [9.17, 15) is 4.79 Å². The van der Waals surface area contributed by atoms with Crippen LogP contribution in [0.5, 0.6) is 0 Å². The van der Waals surface area contributed by atoms with Gasteiger partial charge in [0.05, 0.1) is 22.3 Å². The zero-order valence-corrected chi connectivity index (χ0v) is 12.2. The Morgan fingerprint density at radius 1 is 1.45 bits per heavy atom. The smallest absolute Gasteiger partial charge is 0.337 e. The van der Waals surface area contributed by atoms with Crippen LogP contribution in [0.4, 0.5) is 5.69 Å². The Morgan fingerprint density at radius 3 is 2.65 bits per heavy atom. The molecule has 106 valence electrons. The Bertz CT molecular complexity index is 632. The van der Waals surface area contributed by atoms with Crippen molar-refractivity contribution in [3.05, 3.63) is 45.8 Å². The average molecular weight is 295 g/mol. The first-order valence-electron chi connectivity index (χ1n) is 6.12. The molecule has 5 nitrogen and oxygen atoms in total. The molecule has 0 saturated heterocycles. The first-order chi connectivity index (χ1) is 9.40. The van der Waals surface area contributed by atoms with Gasteiger partial charge in [-0.15, -0.1) is 0 Å². The monoisotopic (exact) mass is 294 g/mol. The number of benzene rings is 1. The molecule has 1 heterocycles. The summed E-state index contributed by atoms with van der Waals surface area (Å²) in [5, 5.41) is 16.3. The summed E-state index contributed by atoms with van der Waals surface area (Å²) in [5.74, 6) is -0.281. The third-order valence-corrected chi connectivity index (χ3v) is 3.42. The predicted molar refractivity (Wildman–Crippen MR) is 76.4 cm³/mol. The highest BCUT2D eigenvalue weighted by molar-refractivity contribution is 6.33. The van der Waals surface area contributed by atoms with E-state index >= 15 is 0 Å². The summed E-state index contributed by atoms with van der Waals surface area (Å²) >= 11 is 5.94.